The van der Waals surface area contributed by atoms with Crippen LogP contribution in [0, 0.1) is 5.41 Å². The van der Waals surface area contributed by atoms with Crippen LogP contribution in [-0.2, 0) is 11.1 Å². The Hall–Kier alpha value is -1.70. The lowest BCUT2D eigenvalue weighted by Crippen LogP contribution is -2.47. The van der Waals surface area contributed by atoms with Crippen molar-refractivity contribution in [1.29, 1.82) is 0 Å². The first-order valence-electron chi connectivity index (χ1n) is 10.9. The van der Waals surface area contributed by atoms with Crippen molar-refractivity contribution in [3.8, 4) is 0 Å². The van der Waals surface area contributed by atoms with Gasteiger partial charge in [0.2, 0.25) is 0 Å². The van der Waals surface area contributed by atoms with Crippen LogP contribution in [0.3, 0.4) is 0 Å². The molecule has 0 unspecified atom stereocenters. The topological polar surface area (TPSA) is 89.3 Å². The first-order chi connectivity index (χ1) is 15.9. The van der Waals surface area contributed by atoms with Crippen LogP contribution >= 0.6 is 24.2 Å². The maximum absolute atomic E-state index is 14.3. The van der Waals surface area contributed by atoms with Gasteiger partial charge in [-0.1, -0.05) is 18.3 Å². The normalized spacial score (nSPS) is 24.3. The standard InChI is InChI=1S/C23H31F3N4O3S2/c1-13(27-6)17(30(7)28-18(34)19(2,3)31)14-8-9-15(23(24,25)33-26)16(10-14)35-29-22-11-21(22,12-22)20(4,5)32/h8-10,29,31-32H,6,11-12H2,1-5,7H3,(H,28,34)/b17-13-. The molecule has 194 valence electrons. The zero-order valence-electron chi connectivity index (χ0n) is 20.5. The van der Waals surface area contributed by atoms with E-state index in [2.05, 4.69) is 26.8 Å². The van der Waals surface area contributed by atoms with E-state index >= 15 is 0 Å². The van der Waals surface area contributed by atoms with Crippen LogP contribution in [0.15, 0.2) is 33.8 Å². The fraction of sp³-hybridized carbons (Fsp3) is 0.565. The average Bonchev–Trinajstić information content (AvgIpc) is 3.59. The molecule has 35 heavy (non-hydrogen) atoms. The van der Waals surface area contributed by atoms with Gasteiger partial charge in [0.1, 0.15) is 10.6 Å². The lowest BCUT2D eigenvalue weighted by atomic mass is 9.95. The molecule has 1 aromatic carbocycles. The lowest BCUT2D eigenvalue weighted by molar-refractivity contribution is -0.365. The molecule has 1 aromatic rings. The fourth-order valence-corrected chi connectivity index (χ4v) is 5.60. The van der Waals surface area contributed by atoms with Crippen LogP contribution in [0.25, 0.3) is 5.70 Å². The smallest absolute Gasteiger partial charge is 0.390 e. The van der Waals surface area contributed by atoms with E-state index in [1.54, 1.807) is 27.8 Å². The number of thiocarbonyl (C=S) groups is 1. The van der Waals surface area contributed by atoms with Crippen LogP contribution in [0.5, 0.6) is 0 Å². The molecule has 0 radical (unpaired) electrons. The number of nitrogens with one attached hydrogen (secondary N) is 2. The molecule has 0 amide bonds. The summed E-state index contributed by atoms with van der Waals surface area (Å²) in [5.41, 5.74) is 0.731. The van der Waals surface area contributed by atoms with E-state index in [-0.39, 0.29) is 20.8 Å². The summed E-state index contributed by atoms with van der Waals surface area (Å²) >= 11 is 6.18. The van der Waals surface area contributed by atoms with E-state index in [1.807, 2.05) is 0 Å². The molecule has 0 bridgehead atoms. The van der Waals surface area contributed by atoms with Crippen molar-refractivity contribution in [3.05, 3.63) is 35.0 Å². The third-order valence-corrected chi connectivity index (χ3v) is 8.45. The van der Waals surface area contributed by atoms with E-state index < -0.39 is 22.9 Å². The van der Waals surface area contributed by atoms with E-state index in [4.69, 9.17) is 12.2 Å². The zero-order valence-corrected chi connectivity index (χ0v) is 22.1. The number of hydrogen-bond acceptors (Lipinski definition) is 8. The predicted octanol–water partition coefficient (Wildman–Crippen LogP) is 4.46. The molecular formula is C23H31F3N4O3S2. The molecular weight excluding hydrogens is 501 g/mol. The molecule has 0 atom stereocenters. The molecule has 2 fully saturated rings. The monoisotopic (exact) mass is 532 g/mol. The molecule has 0 saturated heterocycles. The van der Waals surface area contributed by atoms with Crippen LogP contribution in [-0.4, -0.2) is 50.7 Å². The third kappa shape index (κ3) is 5.09. The lowest BCUT2D eigenvalue weighted by Gasteiger charge is -2.30. The summed E-state index contributed by atoms with van der Waals surface area (Å²) in [7, 11) is 1.63. The number of hydrazine groups is 1. The van der Waals surface area contributed by atoms with Gasteiger partial charge < -0.3 is 10.2 Å². The first-order valence-corrected chi connectivity index (χ1v) is 12.1. The Labute approximate surface area is 212 Å². The van der Waals surface area contributed by atoms with Crippen molar-refractivity contribution in [2.45, 2.75) is 75.2 Å². The summed E-state index contributed by atoms with van der Waals surface area (Å²) in [6.45, 7) is 11.7. The number of hydrogen-bond donors (Lipinski definition) is 4. The number of halogens is 3. The Kier molecular flexibility index (Phi) is 7.17. The molecule has 7 nitrogen and oxygen atoms in total. The van der Waals surface area contributed by atoms with Gasteiger partial charge in [0.05, 0.1) is 22.6 Å². The highest BCUT2D eigenvalue weighted by Crippen LogP contribution is 2.83. The van der Waals surface area contributed by atoms with E-state index in [0.29, 0.717) is 29.8 Å². The minimum atomic E-state index is -4.16. The molecule has 4 N–H and O–H groups in total. The molecule has 0 heterocycles. The second-order valence-electron chi connectivity index (χ2n) is 10.2. The van der Waals surface area contributed by atoms with Crippen molar-refractivity contribution in [2.75, 3.05) is 7.05 Å². The highest BCUT2D eigenvalue weighted by Gasteiger charge is 2.88. The number of aliphatic hydroxyl groups is 2. The van der Waals surface area contributed by atoms with Gasteiger partial charge in [0, 0.05) is 28.5 Å². The summed E-state index contributed by atoms with van der Waals surface area (Å²) in [5.74, 6) is 0. The van der Waals surface area contributed by atoms with Gasteiger partial charge in [-0.3, -0.25) is 20.1 Å². The van der Waals surface area contributed by atoms with Crippen molar-refractivity contribution in [3.63, 3.8) is 0 Å². The second kappa shape index (κ2) is 9.00. The quantitative estimate of drug-likeness (QED) is 0.144. The van der Waals surface area contributed by atoms with Gasteiger partial charge in [0.15, 0.2) is 0 Å². The Morgan fingerprint density at radius 3 is 2.31 bits per heavy atom. The molecule has 2 saturated carbocycles. The van der Waals surface area contributed by atoms with Crippen LogP contribution < -0.4 is 10.1 Å². The minimum absolute atomic E-state index is 0.0378. The molecule has 2 aliphatic rings. The van der Waals surface area contributed by atoms with Crippen LogP contribution in [0.4, 0.5) is 13.3 Å². The molecule has 12 heteroatoms. The highest BCUT2D eigenvalue weighted by molar-refractivity contribution is 7.97. The first kappa shape index (κ1) is 27.9. The second-order valence-corrected chi connectivity index (χ2v) is 11.5. The Balaban J connectivity index is 1.96. The van der Waals surface area contributed by atoms with Crippen LogP contribution in [0.2, 0.25) is 0 Å². The van der Waals surface area contributed by atoms with E-state index in [9.17, 15) is 23.5 Å². The number of alkyl halides is 2. The molecule has 0 aliphatic heterocycles. The number of rotatable bonds is 11. The Bertz CT molecular complexity index is 1060. The van der Waals surface area contributed by atoms with E-state index in [0.717, 1.165) is 18.0 Å². The van der Waals surface area contributed by atoms with Gasteiger partial charge >= 0.3 is 6.11 Å². The third-order valence-electron chi connectivity index (χ3n) is 6.81. The summed E-state index contributed by atoms with van der Waals surface area (Å²) in [5, 5.41) is 22.1. The number of allylic oxidation sites excluding steroid dienone is 1. The van der Waals surface area contributed by atoms with E-state index in [1.165, 1.54) is 31.0 Å². The number of fused-ring (bicyclic) bond motifs is 1. The molecule has 3 rings (SSSR count). The average molecular weight is 533 g/mol. The summed E-state index contributed by atoms with van der Waals surface area (Å²) in [4.78, 5) is 7.12. The molecule has 0 spiro atoms. The number of aliphatic imine (C=N–C) groups is 1. The van der Waals surface area contributed by atoms with Gasteiger partial charge in [-0.05, 0) is 82.8 Å². The summed E-state index contributed by atoms with van der Waals surface area (Å²) in [6.07, 6.45) is -2.73. The maximum atomic E-state index is 14.3. The Morgan fingerprint density at radius 1 is 1.26 bits per heavy atom. The summed E-state index contributed by atoms with van der Waals surface area (Å²) < 4.78 is 44.6. The molecule has 0 aromatic heterocycles. The minimum Gasteiger partial charge on any atom is -0.390 e. The van der Waals surface area contributed by atoms with Crippen LogP contribution in [0.1, 0.15) is 58.6 Å². The van der Waals surface area contributed by atoms with Crippen molar-refractivity contribution in [1.82, 2.24) is 15.2 Å². The van der Waals surface area contributed by atoms with Gasteiger partial charge in [-0.15, -0.1) is 4.94 Å². The van der Waals surface area contributed by atoms with Gasteiger partial charge in [-0.2, -0.15) is 8.78 Å². The maximum Gasteiger partial charge on any atom is 0.414 e. The van der Waals surface area contributed by atoms with Crippen molar-refractivity contribution < 1.29 is 28.5 Å². The largest absolute Gasteiger partial charge is 0.414 e. The van der Waals surface area contributed by atoms with Crippen molar-refractivity contribution >= 4 is 41.6 Å². The van der Waals surface area contributed by atoms with Gasteiger partial charge in [-0.25, -0.2) is 0 Å². The zero-order chi connectivity index (χ0) is 26.6. The fourth-order valence-electron chi connectivity index (χ4n) is 4.33. The summed E-state index contributed by atoms with van der Waals surface area (Å²) in [6, 6.07) is 3.93. The predicted molar refractivity (Wildman–Crippen MR) is 134 cm³/mol. The number of nitrogens with zero attached hydrogens (tertiary/aromatic N) is 2. The highest BCUT2D eigenvalue weighted by atomic mass is 32.2. The Morgan fingerprint density at radius 2 is 1.86 bits per heavy atom. The SMILES string of the molecule is C=N/C(C)=C(/c1ccc(C(F)(F)OF)c(SNC23CC2(C(C)(C)O)C3)c1)N(C)NC(=S)C(C)(C)O. The number of benzene rings is 1. The van der Waals surface area contributed by atoms with Gasteiger partial charge in [0.25, 0.3) is 0 Å². The molecule has 2 aliphatic carbocycles. The van der Waals surface area contributed by atoms with Crippen molar-refractivity contribution in [2.24, 2.45) is 10.4 Å².